The number of fused-ring (bicyclic) bond motifs is 1. The number of H-pyrrole nitrogens is 1. The van der Waals surface area contributed by atoms with E-state index in [0.717, 1.165) is 15.4 Å². The van der Waals surface area contributed by atoms with E-state index in [4.69, 9.17) is 5.73 Å². The van der Waals surface area contributed by atoms with Crippen molar-refractivity contribution in [1.29, 1.82) is 0 Å². The van der Waals surface area contributed by atoms with Crippen LogP contribution in [0.4, 0.5) is 13.2 Å². The van der Waals surface area contributed by atoms with E-state index in [1.54, 1.807) is 12.1 Å². The molecule has 0 spiro atoms. The first-order chi connectivity index (χ1) is 7.87. The molecule has 0 aliphatic carbocycles. The molecule has 0 saturated heterocycles. The van der Waals surface area contributed by atoms with E-state index >= 15 is 0 Å². The molecule has 0 fully saturated rings. The van der Waals surface area contributed by atoms with E-state index < -0.39 is 18.6 Å². The van der Waals surface area contributed by atoms with Gasteiger partial charge in [0.25, 0.3) is 0 Å². The number of alkyl halides is 3. The summed E-state index contributed by atoms with van der Waals surface area (Å²) >= 11 is 3.28. The lowest BCUT2D eigenvalue weighted by Gasteiger charge is -2.13. The average Bonchev–Trinajstić information content (AvgIpc) is 2.57. The van der Waals surface area contributed by atoms with Crippen molar-refractivity contribution in [2.75, 3.05) is 0 Å². The van der Waals surface area contributed by atoms with Crippen LogP contribution < -0.4 is 5.73 Å². The summed E-state index contributed by atoms with van der Waals surface area (Å²) in [6.45, 7) is 0. The number of nitrogens with one attached hydrogen (secondary N) is 1. The van der Waals surface area contributed by atoms with Gasteiger partial charge in [0, 0.05) is 27.6 Å². The zero-order valence-corrected chi connectivity index (χ0v) is 10.3. The van der Waals surface area contributed by atoms with Gasteiger partial charge in [-0.1, -0.05) is 15.9 Å². The first-order valence-corrected chi connectivity index (χ1v) is 5.75. The number of halogens is 4. The molecular weight excluding hydrogens is 297 g/mol. The summed E-state index contributed by atoms with van der Waals surface area (Å²) in [5, 5.41) is 0.719. The fraction of sp³-hybridized carbons (Fsp3) is 0.273. The van der Waals surface area contributed by atoms with Gasteiger partial charge in [0.15, 0.2) is 0 Å². The minimum absolute atomic E-state index is 0.485. The van der Waals surface area contributed by atoms with Gasteiger partial charge in [-0.3, -0.25) is 0 Å². The van der Waals surface area contributed by atoms with E-state index in [1.807, 2.05) is 6.07 Å². The summed E-state index contributed by atoms with van der Waals surface area (Å²) in [6, 6.07) is 4.33. The second-order valence-corrected chi connectivity index (χ2v) is 4.78. The Morgan fingerprint density at radius 1 is 1.35 bits per heavy atom. The van der Waals surface area contributed by atoms with E-state index in [2.05, 4.69) is 20.9 Å². The van der Waals surface area contributed by atoms with Crippen molar-refractivity contribution in [3.8, 4) is 0 Å². The van der Waals surface area contributed by atoms with Gasteiger partial charge in [-0.2, -0.15) is 13.2 Å². The highest BCUT2D eigenvalue weighted by Crippen LogP contribution is 2.32. The minimum atomic E-state index is -4.25. The Balaban J connectivity index is 2.38. The number of rotatable bonds is 2. The van der Waals surface area contributed by atoms with Crippen LogP contribution >= 0.6 is 15.9 Å². The lowest BCUT2D eigenvalue weighted by atomic mass is 10.0. The number of aromatic amines is 1. The monoisotopic (exact) mass is 306 g/mol. The summed E-state index contributed by atoms with van der Waals surface area (Å²) in [5.41, 5.74) is 6.85. The summed E-state index contributed by atoms with van der Waals surface area (Å²) in [4.78, 5) is 2.91. The highest BCUT2D eigenvalue weighted by atomic mass is 79.9. The van der Waals surface area contributed by atoms with Gasteiger partial charge in [0.1, 0.15) is 0 Å². The topological polar surface area (TPSA) is 41.8 Å². The van der Waals surface area contributed by atoms with Crippen LogP contribution in [-0.2, 0) is 0 Å². The molecule has 0 amide bonds. The maximum atomic E-state index is 12.3. The molecule has 0 radical (unpaired) electrons. The molecule has 1 aromatic carbocycles. The maximum Gasteiger partial charge on any atom is 0.390 e. The van der Waals surface area contributed by atoms with Gasteiger partial charge >= 0.3 is 6.18 Å². The maximum absolute atomic E-state index is 12.3. The molecule has 3 N–H and O–H groups in total. The zero-order valence-electron chi connectivity index (χ0n) is 8.68. The first kappa shape index (κ1) is 12.4. The molecule has 6 heteroatoms. The molecule has 2 rings (SSSR count). The van der Waals surface area contributed by atoms with Crippen molar-refractivity contribution in [2.45, 2.75) is 18.6 Å². The second-order valence-electron chi connectivity index (χ2n) is 3.86. The quantitative estimate of drug-likeness (QED) is 0.868. The average molecular weight is 307 g/mol. The van der Waals surface area contributed by atoms with Crippen molar-refractivity contribution < 1.29 is 13.2 Å². The number of aromatic nitrogens is 1. The normalized spacial score (nSPS) is 14.2. The van der Waals surface area contributed by atoms with Crippen LogP contribution in [0.1, 0.15) is 18.0 Å². The molecule has 0 unspecified atom stereocenters. The molecule has 17 heavy (non-hydrogen) atoms. The fourth-order valence-electron chi connectivity index (χ4n) is 1.78. The Labute approximate surface area is 104 Å². The van der Waals surface area contributed by atoms with Crippen molar-refractivity contribution in [3.05, 3.63) is 34.4 Å². The van der Waals surface area contributed by atoms with Crippen molar-refractivity contribution in [2.24, 2.45) is 5.73 Å². The van der Waals surface area contributed by atoms with Crippen LogP contribution in [0.3, 0.4) is 0 Å². The summed E-state index contributed by atoms with van der Waals surface area (Å²) in [7, 11) is 0. The molecule has 92 valence electrons. The van der Waals surface area contributed by atoms with Gasteiger partial charge in [-0.05, 0) is 23.8 Å². The van der Waals surface area contributed by atoms with Crippen LogP contribution in [-0.4, -0.2) is 11.2 Å². The van der Waals surface area contributed by atoms with E-state index in [-0.39, 0.29) is 0 Å². The molecule has 1 atom stereocenters. The molecule has 2 aromatic rings. The fourth-order valence-corrected chi connectivity index (χ4v) is 2.14. The van der Waals surface area contributed by atoms with Crippen LogP contribution in [0.15, 0.2) is 28.9 Å². The van der Waals surface area contributed by atoms with Crippen molar-refractivity contribution >= 4 is 26.8 Å². The zero-order chi connectivity index (χ0) is 12.6. The molecule has 0 aliphatic heterocycles. The lowest BCUT2D eigenvalue weighted by molar-refractivity contribution is -0.138. The van der Waals surface area contributed by atoms with Crippen LogP contribution in [0.2, 0.25) is 0 Å². The molecule has 1 heterocycles. The summed E-state index contributed by atoms with van der Waals surface area (Å²) < 4.78 is 37.6. The summed E-state index contributed by atoms with van der Waals surface area (Å²) in [5.74, 6) is 0. The molecule has 1 aromatic heterocycles. The van der Waals surface area contributed by atoms with Gasteiger partial charge in [0.2, 0.25) is 0 Å². The standard InChI is InChI=1S/C11H10BrF3N2/c12-6-1-2-10-7(3-6)8(5-17-10)9(16)4-11(13,14)15/h1-3,5,9,17H,4,16H2/t9-/m1/s1. The smallest absolute Gasteiger partial charge is 0.361 e. The Morgan fingerprint density at radius 2 is 2.06 bits per heavy atom. The number of benzene rings is 1. The van der Waals surface area contributed by atoms with Crippen molar-refractivity contribution in [1.82, 2.24) is 4.98 Å². The molecule has 0 aliphatic rings. The molecular formula is C11H10BrF3N2. The third-order valence-electron chi connectivity index (χ3n) is 2.53. The molecule has 0 bridgehead atoms. The Bertz CT molecular complexity index is 533. The SMILES string of the molecule is N[C@H](CC(F)(F)F)c1c[nH]c2ccc(Br)cc12. The van der Waals surface area contributed by atoms with Crippen LogP contribution in [0.5, 0.6) is 0 Å². The minimum Gasteiger partial charge on any atom is -0.361 e. The predicted molar refractivity (Wildman–Crippen MR) is 63.6 cm³/mol. The molecule has 0 saturated carbocycles. The number of hydrogen-bond acceptors (Lipinski definition) is 1. The van der Waals surface area contributed by atoms with E-state index in [0.29, 0.717) is 5.56 Å². The van der Waals surface area contributed by atoms with Gasteiger partial charge in [0.05, 0.1) is 6.42 Å². The molecule has 2 nitrogen and oxygen atoms in total. The van der Waals surface area contributed by atoms with Crippen LogP contribution in [0.25, 0.3) is 10.9 Å². The van der Waals surface area contributed by atoms with E-state index in [9.17, 15) is 13.2 Å². The number of hydrogen-bond donors (Lipinski definition) is 2. The van der Waals surface area contributed by atoms with Crippen LogP contribution in [0, 0.1) is 0 Å². The number of nitrogens with two attached hydrogens (primary N) is 1. The van der Waals surface area contributed by atoms with E-state index in [1.165, 1.54) is 6.20 Å². The highest BCUT2D eigenvalue weighted by Gasteiger charge is 2.31. The Hall–Kier alpha value is -1.01. The lowest BCUT2D eigenvalue weighted by Crippen LogP contribution is -2.19. The summed E-state index contributed by atoms with van der Waals surface area (Å²) in [6.07, 6.45) is -3.74. The highest BCUT2D eigenvalue weighted by molar-refractivity contribution is 9.10. The van der Waals surface area contributed by atoms with Gasteiger partial charge in [-0.25, -0.2) is 0 Å². The van der Waals surface area contributed by atoms with Gasteiger partial charge < -0.3 is 10.7 Å². The largest absolute Gasteiger partial charge is 0.390 e. The predicted octanol–water partition coefficient (Wildman–Crippen LogP) is 3.88. The Morgan fingerprint density at radius 3 is 2.71 bits per heavy atom. The van der Waals surface area contributed by atoms with Crippen molar-refractivity contribution in [3.63, 3.8) is 0 Å². The third kappa shape index (κ3) is 2.81. The third-order valence-corrected chi connectivity index (χ3v) is 3.02. The van der Waals surface area contributed by atoms with Gasteiger partial charge in [-0.15, -0.1) is 0 Å². The first-order valence-electron chi connectivity index (χ1n) is 4.96. The Kier molecular flexibility index (Phi) is 3.18. The second kappa shape index (κ2) is 4.34.